The van der Waals surface area contributed by atoms with Gasteiger partial charge in [-0.15, -0.1) is 0 Å². The highest BCUT2D eigenvalue weighted by Crippen LogP contribution is 2.32. The van der Waals surface area contributed by atoms with E-state index in [1.165, 1.54) is 0 Å². The molecule has 2 rings (SSSR count). The number of nitrogens with one attached hydrogen (secondary N) is 1. The molecule has 1 fully saturated rings. The Morgan fingerprint density at radius 1 is 1.35 bits per heavy atom. The van der Waals surface area contributed by atoms with Gasteiger partial charge in [-0.25, -0.2) is 0 Å². The second-order valence-electron chi connectivity index (χ2n) is 5.70. The van der Waals surface area contributed by atoms with Crippen LogP contribution in [0.1, 0.15) is 43.0 Å². The number of amides is 1. The van der Waals surface area contributed by atoms with Crippen LogP contribution in [-0.4, -0.2) is 23.2 Å². The molecule has 0 aromatic heterocycles. The van der Waals surface area contributed by atoms with Crippen molar-refractivity contribution in [1.82, 2.24) is 5.32 Å². The van der Waals surface area contributed by atoms with Gasteiger partial charge in [0.05, 0.1) is 22.2 Å². The Balaban J connectivity index is 2.11. The molecular weight excluding hydrogens is 297 g/mol. The quantitative estimate of drug-likeness (QED) is 0.894. The van der Waals surface area contributed by atoms with E-state index in [1.807, 2.05) is 0 Å². The molecule has 1 aliphatic carbocycles. The lowest BCUT2D eigenvalue weighted by Crippen LogP contribution is -2.53. The fourth-order valence-corrected chi connectivity index (χ4v) is 2.89. The number of rotatable bonds is 3. The Bertz CT molecular complexity index is 497. The molecule has 0 unspecified atom stereocenters. The van der Waals surface area contributed by atoms with Crippen molar-refractivity contribution in [2.24, 2.45) is 5.92 Å². The van der Waals surface area contributed by atoms with E-state index in [1.54, 1.807) is 18.2 Å². The first-order valence-electron chi connectivity index (χ1n) is 6.84. The van der Waals surface area contributed by atoms with E-state index in [-0.39, 0.29) is 12.5 Å². The van der Waals surface area contributed by atoms with Crippen LogP contribution in [0.15, 0.2) is 18.2 Å². The maximum Gasteiger partial charge on any atom is 0.251 e. The number of aliphatic hydroxyl groups excluding tert-OH is 1. The van der Waals surface area contributed by atoms with Crippen LogP contribution in [0.4, 0.5) is 0 Å². The van der Waals surface area contributed by atoms with Crippen molar-refractivity contribution in [2.45, 2.75) is 38.1 Å². The van der Waals surface area contributed by atoms with Crippen LogP contribution in [0.5, 0.6) is 0 Å². The van der Waals surface area contributed by atoms with Crippen molar-refractivity contribution in [3.8, 4) is 0 Å². The van der Waals surface area contributed by atoms with Crippen molar-refractivity contribution in [1.29, 1.82) is 0 Å². The van der Waals surface area contributed by atoms with Gasteiger partial charge in [-0.05, 0) is 49.8 Å². The topological polar surface area (TPSA) is 49.3 Å². The molecule has 1 aromatic carbocycles. The molecule has 1 saturated carbocycles. The van der Waals surface area contributed by atoms with E-state index in [0.29, 0.717) is 21.5 Å². The molecule has 2 N–H and O–H groups in total. The summed E-state index contributed by atoms with van der Waals surface area (Å²) in [5.74, 6) is 0.434. The summed E-state index contributed by atoms with van der Waals surface area (Å²) in [7, 11) is 0. The van der Waals surface area contributed by atoms with Gasteiger partial charge in [-0.2, -0.15) is 0 Å². The third-order valence-electron chi connectivity index (χ3n) is 4.09. The smallest absolute Gasteiger partial charge is 0.251 e. The van der Waals surface area contributed by atoms with Crippen LogP contribution in [0.2, 0.25) is 10.0 Å². The van der Waals surface area contributed by atoms with E-state index in [2.05, 4.69) is 12.2 Å². The number of carbonyl (C=O) groups is 1. The predicted octanol–water partition coefficient (Wildman–Crippen LogP) is 3.66. The summed E-state index contributed by atoms with van der Waals surface area (Å²) in [5.41, 5.74) is -0.0405. The minimum absolute atomic E-state index is 0.0349. The van der Waals surface area contributed by atoms with Crippen LogP contribution in [0.25, 0.3) is 0 Å². The molecule has 0 radical (unpaired) electrons. The standard InChI is InChI=1S/C15H19Cl2NO2/c1-10-4-6-15(9-19,7-5-10)18-14(20)11-2-3-12(16)13(17)8-11/h2-3,8,10,19H,4-7,9H2,1H3,(H,18,20). The Labute approximate surface area is 129 Å². The summed E-state index contributed by atoms with van der Waals surface area (Å²) in [6.45, 7) is 2.16. The lowest BCUT2D eigenvalue weighted by Gasteiger charge is -2.38. The summed E-state index contributed by atoms with van der Waals surface area (Å²) in [6.07, 6.45) is 3.64. The van der Waals surface area contributed by atoms with Crippen LogP contribution in [0, 0.1) is 5.92 Å². The molecule has 1 aromatic rings. The fraction of sp³-hybridized carbons (Fsp3) is 0.533. The Morgan fingerprint density at radius 3 is 2.55 bits per heavy atom. The molecule has 1 amide bonds. The third-order valence-corrected chi connectivity index (χ3v) is 4.83. The predicted molar refractivity (Wildman–Crippen MR) is 81.4 cm³/mol. The molecule has 0 heterocycles. The zero-order valence-electron chi connectivity index (χ0n) is 11.5. The van der Waals surface area contributed by atoms with Gasteiger partial charge in [0.2, 0.25) is 0 Å². The number of benzene rings is 1. The molecule has 1 aliphatic rings. The number of halogens is 2. The van der Waals surface area contributed by atoms with E-state index >= 15 is 0 Å². The summed E-state index contributed by atoms with van der Waals surface area (Å²) in [5, 5.41) is 13.4. The highest BCUT2D eigenvalue weighted by Gasteiger charge is 2.35. The van der Waals surface area contributed by atoms with Crippen molar-refractivity contribution >= 4 is 29.1 Å². The first kappa shape index (κ1) is 15.6. The molecule has 20 heavy (non-hydrogen) atoms. The van der Waals surface area contributed by atoms with Crippen LogP contribution >= 0.6 is 23.2 Å². The van der Waals surface area contributed by atoms with Gasteiger partial charge in [0.15, 0.2) is 0 Å². The number of aliphatic hydroxyl groups is 1. The van der Waals surface area contributed by atoms with E-state index < -0.39 is 5.54 Å². The molecule has 0 saturated heterocycles. The summed E-state index contributed by atoms with van der Waals surface area (Å²) < 4.78 is 0. The zero-order chi connectivity index (χ0) is 14.8. The molecule has 0 bridgehead atoms. The van der Waals surface area contributed by atoms with E-state index in [4.69, 9.17) is 23.2 Å². The lowest BCUT2D eigenvalue weighted by atomic mass is 9.77. The Hall–Kier alpha value is -0.770. The van der Waals surface area contributed by atoms with Gasteiger partial charge in [0, 0.05) is 5.56 Å². The monoisotopic (exact) mass is 315 g/mol. The average Bonchev–Trinajstić information content (AvgIpc) is 2.44. The number of hydrogen-bond acceptors (Lipinski definition) is 2. The van der Waals surface area contributed by atoms with Gasteiger partial charge >= 0.3 is 0 Å². The van der Waals surface area contributed by atoms with E-state index in [0.717, 1.165) is 25.7 Å². The molecular formula is C15H19Cl2NO2. The number of carbonyl (C=O) groups excluding carboxylic acids is 1. The van der Waals surface area contributed by atoms with Crippen molar-refractivity contribution in [2.75, 3.05) is 6.61 Å². The molecule has 110 valence electrons. The minimum atomic E-state index is -0.504. The maximum atomic E-state index is 12.3. The van der Waals surface area contributed by atoms with Crippen molar-refractivity contribution < 1.29 is 9.90 Å². The first-order chi connectivity index (χ1) is 9.46. The summed E-state index contributed by atoms with van der Waals surface area (Å²) in [4.78, 5) is 12.3. The van der Waals surface area contributed by atoms with Crippen molar-refractivity contribution in [3.05, 3.63) is 33.8 Å². The van der Waals surface area contributed by atoms with Crippen LogP contribution in [-0.2, 0) is 0 Å². The third kappa shape index (κ3) is 3.46. The number of hydrogen-bond donors (Lipinski definition) is 2. The second-order valence-corrected chi connectivity index (χ2v) is 6.52. The zero-order valence-corrected chi connectivity index (χ0v) is 13.0. The second kappa shape index (κ2) is 6.33. The minimum Gasteiger partial charge on any atom is -0.394 e. The van der Waals surface area contributed by atoms with Gasteiger partial charge in [-0.1, -0.05) is 30.1 Å². The molecule has 0 spiro atoms. The average molecular weight is 316 g/mol. The highest BCUT2D eigenvalue weighted by molar-refractivity contribution is 6.42. The molecule has 0 atom stereocenters. The van der Waals surface area contributed by atoms with Gasteiger partial charge < -0.3 is 10.4 Å². The first-order valence-corrected chi connectivity index (χ1v) is 7.60. The normalized spacial score (nSPS) is 26.3. The van der Waals surface area contributed by atoms with Gasteiger partial charge in [0.1, 0.15) is 0 Å². The van der Waals surface area contributed by atoms with Gasteiger partial charge in [-0.3, -0.25) is 4.79 Å². The maximum absolute atomic E-state index is 12.3. The van der Waals surface area contributed by atoms with Crippen molar-refractivity contribution in [3.63, 3.8) is 0 Å². The Morgan fingerprint density at radius 2 is 2.00 bits per heavy atom. The summed E-state index contributed by atoms with van der Waals surface area (Å²) >= 11 is 11.8. The largest absolute Gasteiger partial charge is 0.394 e. The lowest BCUT2D eigenvalue weighted by molar-refractivity contribution is 0.0717. The summed E-state index contributed by atoms with van der Waals surface area (Å²) in [6, 6.07) is 4.79. The van der Waals surface area contributed by atoms with Crippen LogP contribution in [0.3, 0.4) is 0 Å². The van der Waals surface area contributed by atoms with E-state index in [9.17, 15) is 9.90 Å². The Kier molecular flexibility index (Phi) is 4.95. The fourth-order valence-electron chi connectivity index (χ4n) is 2.59. The molecule has 5 heteroatoms. The molecule has 3 nitrogen and oxygen atoms in total. The van der Waals surface area contributed by atoms with Crippen LogP contribution < -0.4 is 5.32 Å². The van der Waals surface area contributed by atoms with Gasteiger partial charge in [0.25, 0.3) is 5.91 Å². The highest BCUT2D eigenvalue weighted by atomic mass is 35.5. The molecule has 0 aliphatic heterocycles. The SMILES string of the molecule is CC1CCC(CO)(NC(=O)c2ccc(Cl)c(Cl)c2)CC1.